The van der Waals surface area contributed by atoms with Crippen molar-refractivity contribution in [3.05, 3.63) is 89.4 Å². The number of pyridine rings is 1. The SMILES string of the molecule is O=C(Cc1ccc(F)cc1)Nc1ccc(N2CCc3ccccc3C2)nc1. The van der Waals surface area contributed by atoms with Crippen LogP contribution in [0, 0.1) is 5.82 Å². The Morgan fingerprint density at radius 2 is 1.81 bits per heavy atom. The van der Waals surface area contributed by atoms with Crippen LogP contribution in [0.1, 0.15) is 16.7 Å². The zero-order valence-corrected chi connectivity index (χ0v) is 14.9. The normalized spacial score (nSPS) is 13.1. The van der Waals surface area contributed by atoms with Crippen LogP contribution in [-0.2, 0) is 24.2 Å². The predicted octanol–water partition coefficient (Wildman–Crippen LogP) is 3.96. The number of fused-ring (bicyclic) bond motifs is 1. The van der Waals surface area contributed by atoms with Crippen LogP contribution in [0.25, 0.3) is 0 Å². The monoisotopic (exact) mass is 361 g/mol. The van der Waals surface area contributed by atoms with Gasteiger partial charge in [0, 0.05) is 13.1 Å². The number of nitrogens with one attached hydrogen (secondary N) is 1. The molecule has 1 amide bonds. The maximum Gasteiger partial charge on any atom is 0.228 e. The molecule has 136 valence electrons. The summed E-state index contributed by atoms with van der Waals surface area (Å²) in [5.41, 5.74) is 4.16. The molecule has 0 bridgehead atoms. The molecule has 0 aliphatic carbocycles. The Morgan fingerprint density at radius 1 is 1.04 bits per heavy atom. The fourth-order valence-electron chi connectivity index (χ4n) is 3.33. The lowest BCUT2D eigenvalue weighted by Crippen LogP contribution is -2.30. The minimum Gasteiger partial charge on any atom is -0.352 e. The van der Waals surface area contributed by atoms with E-state index in [1.165, 1.54) is 23.3 Å². The van der Waals surface area contributed by atoms with Crippen molar-refractivity contribution in [3.8, 4) is 0 Å². The van der Waals surface area contributed by atoms with Gasteiger partial charge in [-0.3, -0.25) is 4.79 Å². The zero-order valence-electron chi connectivity index (χ0n) is 14.9. The van der Waals surface area contributed by atoms with Gasteiger partial charge in [-0.2, -0.15) is 0 Å². The predicted molar refractivity (Wildman–Crippen MR) is 104 cm³/mol. The molecule has 2 heterocycles. The second-order valence-corrected chi connectivity index (χ2v) is 6.70. The van der Waals surface area contributed by atoms with E-state index in [1.807, 2.05) is 12.1 Å². The van der Waals surface area contributed by atoms with E-state index in [2.05, 4.69) is 39.5 Å². The third kappa shape index (κ3) is 4.14. The summed E-state index contributed by atoms with van der Waals surface area (Å²) in [5, 5.41) is 2.84. The largest absolute Gasteiger partial charge is 0.352 e. The number of aromatic nitrogens is 1. The number of benzene rings is 2. The summed E-state index contributed by atoms with van der Waals surface area (Å²) >= 11 is 0. The maximum absolute atomic E-state index is 12.9. The lowest BCUT2D eigenvalue weighted by atomic mass is 10.00. The van der Waals surface area contributed by atoms with Gasteiger partial charge >= 0.3 is 0 Å². The summed E-state index contributed by atoms with van der Waals surface area (Å²) in [4.78, 5) is 18.9. The van der Waals surface area contributed by atoms with Crippen molar-refractivity contribution in [1.29, 1.82) is 0 Å². The van der Waals surface area contributed by atoms with Gasteiger partial charge < -0.3 is 10.2 Å². The van der Waals surface area contributed by atoms with E-state index in [0.717, 1.165) is 30.9 Å². The number of carbonyl (C=O) groups excluding carboxylic acids is 1. The summed E-state index contributed by atoms with van der Waals surface area (Å²) in [7, 11) is 0. The molecular weight excluding hydrogens is 341 g/mol. The molecule has 1 aliphatic heterocycles. The molecular formula is C22H20FN3O. The van der Waals surface area contributed by atoms with Crippen LogP contribution >= 0.6 is 0 Å². The second kappa shape index (κ2) is 7.58. The Bertz CT molecular complexity index is 939. The first-order chi connectivity index (χ1) is 13.2. The van der Waals surface area contributed by atoms with Crippen molar-refractivity contribution < 1.29 is 9.18 Å². The Kier molecular flexibility index (Phi) is 4.83. The van der Waals surface area contributed by atoms with Gasteiger partial charge in [0.05, 0.1) is 18.3 Å². The van der Waals surface area contributed by atoms with Gasteiger partial charge in [-0.15, -0.1) is 0 Å². The lowest BCUT2D eigenvalue weighted by molar-refractivity contribution is -0.115. The van der Waals surface area contributed by atoms with Gasteiger partial charge in [-0.05, 0) is 47.4 Å². The molecule has 0 fully saturated rings. The minimum absolute atomic E-state index is 0.150. The molecule has 0 spiro atoms. The van der Waals surface area contributed by atoms with Crippen LogP contribution in [0.15, 0.2) is 66.9 Å². The first-order valence-corrected chi connectivity index (χ1v) is 8.99. The number of amides is 1. The first kappa shape index (κ1) is 17.2. The van der Waals surface area contributed by atoms with Crippen molar-refractivity contribution in [3.63, 3.8) is 0 Å². The number of rotatable bonds is 4. The van der Waals surface area contributed by atoms with E-state index >= 15 is 0 Å². The number of hydrogen-bond acceptors (Lipinski definition) is 3. The molecule has 0 unspecified atom stereocenters. The molecule has 1 aliphatic rings. The first-order valence-electron chi connectivity index (χ1n) is 8.99. The molecule has 4 nitrogen and oxygen atoms in total. The number of nitrogens with zero attached hydrogens (tertiary/aromatic N) is 2. The van der Waals surface area contributed by atoms with Gasteiger partial charge in [0.2, 0.25) is 5.91 Å². The average molecular weight is 361 g/mol. The molecule has 27 heavy (non-hydrogen) atoms. The van der Waals surface area contributed by atoms with Crippen molar-refractivity contribution in [2.75, 3.05) is 16.8 Å². The highest BCUT2D eigenvalue weighted by Crippen LogP contribution is 2.23. The quantitative estimate of drug-likeness (QED) is 0.765. The highest BCUT2D eigenvalue weighted by Gasteiger charge is 2.17. The average Bonchev–Trinajstić information content (AvgIpc) is 2.70. The van der Waals surface area contributed by atoms with Crippen molar-refractivity contribution in [2.24, 2.45) is 0 Å². The molecule has 5 heteroatoms. The van der Waals surface area contributed by atoms with Crippen LogP contribution in [0.3, 0.4) is 0 Å². The Balaban J connectivity index is 1.38. The molecule has 4 rings (SSSR count). The zero-order chi connectivity index (χ0) is 18.6. The van der Waals surface area contributed by atoms with Gasteiger partial charge in [-0.1, -0.05) is 36.4 Å². The maximum atomic E-state index is 12.9. The van der Waals surface area contributed by atoms with E-state index in [-0.39, 0.29) is 18.1 Å². The molecule has 0 radical (unpaired) electrons. The van der Waals surface area contributed by atoms with Crippen LogP contribution in [0.2, 0.25) is 0 Å². The van der Waals surface area contributed by atoms with Gasteiger partial charge in [-0.25, -0.2) is 9.37 Å². The summed E-state index contributed by atoms with van der Waals surface area (Å²) < 4.78 is 12.9. The fraction of sp³-hybridized carbons (Fsp3) is 0.182. The Morgan fingerprint density at radius 3 is 2.56 bits per heavy atom. The van der Waals surface area contributed by atoms with Crippen LogP contribution < -0.4 is 10.2 Å². The molecule has 0 saturated carbocycles. The van der Waals surface area contributed by atoms with E-state index in [9.17, 15) is 9.18 Å². The standard InChI is InChI=1S/C22H20FN3O/c23-19-7-5-16(6-8-19)13-22(27)25-20-9-10-21(24-14-20)26-12-11-17-3-1-2-4-18(17)15-26/h1-10,14H,11-13,15H2,(H,25,27). The van der Waals surface area contributed by atoms with E-state index in [4.69, 9.17) is 0 Å². The van der Waals surface area contributed by atoms with Crippen molar-refractivity contribution in [2.45, 2.75) is 19.4 Å². The third-order valence-corrected chi connectivity index (χ3v) is 4.76. The molecule has 0 atom stereocenters. The fourth-order valence-corrected chi connectivity index (χ4v) is 3.33. The van der Waals surface area contributed by atoms with E-state index in [0.29, 0.717) is 5.69 Å². The van der Waals surface area contributed by atoms with E-state index < -0.39 is 0 Å². The summed E-state index contributed by atoms with van der Waals surface area (Å²) in [5.74, 6) is 0.448. The van der Waals surface area contributed by atoms with Crippen LogP contribution in [0.5, 0.6) is 0 Å². The summed E-state index contributed by atoms with van der Waals surface area (Å²) in [6, 6.07) is 18.2. The molecule has 3 aromatic rings. The molecule has 1 aromatic heterocycles. The highest BCUT2D eigenvalue weighted by atomic mass is 19.1. The third-order valence-electron chi connectivity index (χ3n) is 4.76. The highest BCUT2D eigenvalue weighted by molar-refractivity contribution is 5.92. The number of carbonyl (C=O) groups is 1. The van der Waals surface area contributed by atoms with E-state index in [1.54, 1.807) is 18.3 Å². The van der Waals surface area contributed by atoms with Gasteiger partial charge in [0.1, 0.15) is 11.6 Å². The second-order valence-electron chi connectivity index (χ2n) is 6.70. The van der Waals surface area contributed by atoms with Crippen LogP contribution in [-0.4, -0.2) is 17.4 Å². The van der Waals surface area contributed by atoms with Crippen molar-refractivity contribution >= 4 is 17.4 Å². The number of anilines is 2. The smallest absolute Gasteiger partial charge is 0.228 e. The topological polar surface area (TPSA) is 45.2 Å². The molecule has 0 saturated heterocycles. The minimum atomic E-state index is -0.306. The summed E-state index contributed by atoms with van der Waals surface area (Å²) in [6.45, 7) is 1.78. The van der Waals surface area contributed by atoms with Gasteiger partial charge in [0.15, 0.2) is 0 Å². The van der Waals surface area contributed by atoms with Crippen LogP contribution in [0.4, 0.5) is 15.9 Å². The Labute approximate surface area is 157 Å². The summed E-state index contributed by atoms with van der Waals surface area (Å²) in [6.07, 6.45) is 2.89. The number of hydrogen-bond donors (Lipinski definition) is 1. The molecule has 2 aromatic carbocycles. The van der Waals surface area contributed by atoms with Gasteiger partial charge in [0.25, 0.3) is 0 Å². The number of halogens is 1. The Hall–Kier alpha value is -3.21. The lowest BCUT2D eigenvalue weighted by Gasteiger charge is -2.29. The van der Waals surface area contributed by atoms with Crippen molar-refractivity contribution in [1.82, 2.24) is 4.98 Å². The molecule has 1 N–H and O–H groups in total.